The molecule has 28 heavy (non-hydrogen) atoms. The number of anilines is 4. The van der Waals surface area contributed by atoms with E-state index in [9.17, 15) is 9.18 Å². The molecule has 2 N–H and O–H groups in total. The molecular weight excluding hydrogens is 359 g/mol. The molecule has 0 aliphatic carbocycles. The van der Waals surface area contributed by atoms with E-state index >= 15 is 0 Å². The van der Waals surface area contributed by atoms with Gasteiger partial charge in [0.1, 0.15) is 5.82 Å². The third kappa shape index (κ3) is 3.32. The van der Waals surface area contributed by atoms with Gasteiger partial charge < -0.3 is 15.5 Å². The quantitative estimate of drug-likeness (QED) is 0.727. The van der Waals surface area contributed by atoms with Gasteiger partial charge in [-0.15, -0.1) is 0 Å². The van der Waals surface area contributed by atoms with Crippen LogP contribution in [-0.4, -0.2) is 36.3 Å². The maximum Gasteiger partial charge on any atom is 0.263 e. The van der Waals surface area contributed by atoms with Crippen molar-refractivity contribution in [1.29, 1.82) is 0 Å². The van der Waals surface area contributed by atoms with E-state index in [-0.39, 0.29) is 11.5 Å². The highest BCUT2D eigenvalue weighted by atomic mass is 19.1. The number of rotatable bonds is 4. The van der Waals surface area contributed by atoms with Gasteiger partial charge >= 0.3 is 0 Å². The van der Waals surface area contributed by atoms with Gasteiger partial charge in [-0.3, -0.25) is 19.7 Å². The summed E-state index contributed by atoms with van der Waals surface area (Å²) in [5, 5.41) is 6.52. The number of halogens is 1. The van der Waals surface area contributed by atoms with E-state index in [4.69, 9.17) is 0 Å². The molecule has 0 saturated heterocycles. The fourth-order valence-corrected chi connectivity index (χ4v) is 3.04. The van der Waals surface area contributed by atoms with Crippen molar-refractivity contribution in [2.45, 2.75) is 6.29 Å². The van der Waals surface area contributed by atoms with E-state index < -0.39 is 12.1 Å². The van der Waals surface area contributed by atoms with Crippen LogP contribution in [0.2, 0.25) is 0 Å². The molecule has 3 heterocycles. The maximum absolute atomic E-state index is 13.8. The van der Waals surface area contributed by atoms with Crippen LogP contribution >= 0.6 is 0 Å². The van der Waals surface area contributed by atoms with E-state index in [2.05, 4.69) is 20.6 Å². The summed E-state index contributed by atoms with van der Waals surface area (Å²) in [7, 11) is 3.79. The van der Waals surface area contributed by atoms with Crippen molar-refractivity contribution >= 4 is 28.7 Å². The highest BCUT2D eigenvalue weighted by molar-refractivity contribution is 6.12. The first-order chi connectivity index (χ1) is 13.5. The molecule has 0 spiro atoms. The highest BCUT2D eigenvalue weighted by Gasteiger charge is 2.34. The Labute approximate surface area is 161 Å². The molecule has 142 valence electrons. The average molecular weight is 378 g/mol. The molecule has 1 unspecified atom stereocenters. The Morgan fingerprint density at radius 3 is 2.75 bits per heavy atom. The van der Waals surface area contributed by atoms with E-state index in [0.717, 1.165) is 11.4 Å². The van der Waals surface area contributed by atoms with Gasteiger partial charge in [-0.05, 0) is 36.4 Å². The summed E-state index contributed by atoms with van der Waals surface area (Å²) in [4.78, 5) is 25.0. The number of pyridine rings is 2. The van der Waals surface area contributed by atoms with Gasteiger partial charge in [0, 0.05) is 20.3 Å². The number of amides is 1. The van der Waals surface area contributed by atoms with Crippen molar-refractivity contribution in [3.8, 4) is 0 Å². The number of aromatic nitrogens is 2. The molecule has 4 rings (SSSR count). The van der Waals surface area contributed by atoms with Crippen LogP contribution in [0, 0.1) is 5.82 Å². The van der Waals surface area contributed by atoms with Crippen molar-refractivity contribution < 1.29 is 9.18 Å². The fourth-order valence-electron chi connectivity index (χ4n) is 3.04. The molecule has 0 fully saturated rings. The van der Waals surface area contributed by atoms with E-state index in [1.165, 1.54) is 17.0 Å². The minimum absolute atomic E-state index is 0.263. The van der Waals surface area contributed by atoms with Crippen molar-refractivity contribution in [2.75, 3.05) is 34.5 Å². The normalized spacial score (nSPS) is 15.6. The molecule has 1 aromatic carbocycles. The number of carbonyl (C=O) groups excluding carboxylic acids is 1. The Hall–Kier alpha value is -3.68. The summed E-state index contributed by atoms with van der Waals surface area (Å²) in [6, 6.07) is 9.63. The summed E-state index contributed by atoms with van der Waals surface area (Å²) < 4.78 is 13.8. The van der Waals surface area contributed by atoms with Crippen LogP contribution < -0.4 is 20.4 Å². The lowest BCUT2D eigenvalue weighted by Crippen LogP contribution is -2.53. The third-order valence-corrected chi connectivity index (χ3v) is 4.45. The Morgan fingerprint density at radius 2 is 2.00 bits per heavy atom. The summed E-state index contributed by atoms with van der Waals surface area (Å²) in [5.41, 5.74) is 2.98. The third-order valence-electron chi connectivity index (χ3n) is 4.45. The minimum atomic E-state index is -0.603. The molecule has 2 aromatic heterocycles. The lowest BCUT2D eigenvalue weighted by Gasteiger charge is -2.38. The standard InChI is InChI=1S/C20H19FN6O/c1-26(2)15-9-16(12-23-11-15)27-19(28)17-8-13(21)5-6-18(17)25-20(27)24-14-4-3-7-22-10-14/h3-12,20,24-25H,1-2H3. The summed E-state index contributed by atoms with van der Waals surface area (Å²) in [6.07, 6.45) is 6.05. The number of carbonyl (C=O) groups is 1. The number of nitrogens with one attached hydrogen (secondary N) is 2. The van der Waals surface area contributed by atoms with E-state index in [1.807, 2.05) is 31.1 Å². The largest absolute Gasteiger partial charge is 0.376 e. The minimum Gasteiger partial charge on any atom is -0.376 e. The van der Waals surface area contributed by atoms with Gasteiger partial charge in [-0.1, -0.05) is 0 Å². The molecule has 0 saturated carbocycles. The molecule has 0 bridgehead atoms. The Kier molecular flexibility index (Phi) is 4.52. The van der Waals surface area contributed by atoms with Crippen LogP contribution in [0.5, 0.6) is 0 Å². The topological polar surface area (TPSA) is 73.4 Å². The van der Waals surface area contributed by atoms with Gasteiger partial charge in [-0.25, -0.2) is 4.39 Å². The smallest absolute Gasteiger partial charge is 0.263 e. The van der Waals surface area contributed by atoms with Crippen LogP contribution in [-0.2, 0) is 0 Å². The predicted octanol–water partition coefficient (Wildman–Crippen LogP) is 3.15. The number of fused-ring (bicyclic) bond motifs is 1. The molecule has 1 atom stereocenters. The molecule has 1 aliphatic rings. The number of benzene rings is 1. The lowest BCUT2D eigenvalue weighted by molar-refractivity contribution is 0.0977. The molecule has 0 radical (unpaired) electrons. The number of nitrogens with zero attached hydrogens (tertiary/aromatic N) is 4. The van der Waals surface area contributed by atoms with Crippen LogP contribution in [0.4, 0.5) is 27.1 Å². The highest BCUT2D eigenvalue weighted by Crippen LogP contribution is 2.31. The second kappa shape index (κ2) is 7.15. The zero-order valence-corrected chi connectivity index (χ0v) is 15.4. The van der Waals surface area contributed by atoms with Gasteiger partial charge in [0.15, 0.2) is 6.29 Å². The van der Waals surface area contributed by atoms with Crippen LogP contribution in [0.15, 0.2) is 61.2 Å². The van der Waals surface area contributed by atoms with Gasteiger partial charge in [-0.2, -0.15) is 0 Å². The Balaban J connectivity index is 1.78. The first-order valence-corrected chi connectivity index (χ1v) is 8.71. The van der Waals surface area contributed by atoms with E-state index in [0.29, 0.717) is 11.4 Å². The first kappa shape index (κ1) is 17.7. The van der Waals surface area contributed by atoms with Gasteiger partial charge in [0.05, 0.1) is 46.9 Å². The predicted molar refractivity (Wildman–Crippen MR) is 107 cm³/mol. The van der Waals surface area contributed by atoms with Crippen molar-refractivity contribution in [3.05, 3.63) is 72.6 Å². The summed E-state index contributed by atoms with van der Waals surface area (Å²) >= 11 is 0. The average Bonchev–Trinajstić information content (AvgIpc) is 2.70. The maximum atomic E-state index is 13.8. The van der Waals surface area contributed by atoms with Gasteiger partial charge in [0.25, 0.3) is 5.91 Å². The second-order valence-corrected chi connectivity index (χ2v) is 6.59. The molecule has 3 aromatic rings. The number of hydrogen-bond acceptors (Lipinski definition) is 6. The summed E-state index contributed by atoms with van der Waals surface area (Å²) in [5.74, 6) is -0.792. The molecule has 7 nitrogen and oxygen atoms in total. The fraction of sp³-hybridized carbons (Fsp3) is 0.150. The van der Waals surface area contributed by atoms with Crippen molar-refractivity contribution in [3.63, 3.8) is 0 Å². The zero-order chi connectivity index (χ0) is 19.7. The van der Waals surface area contributed by atoms with Crippen LogP contribution in [0.3, 0.4) is 0 Å². The molecule has 1 aliphatic heterocycles. The van der Waals surface area contributed by atoms with Gasteiger partial charge in [0.2, 0.25) is 0 Å². The van der Waals surface area contributed by atoms with E-state index in [1.54, 1.807) is 36.9 Å². The van der Waals surface area contributed by atoms with Crippen LogP contribution in [0.25, 0.3) is 0 Å². The Morgan fingerprint density at radius 1 is 1.14 bits per heavy atom. The molecule has 1 amide bonds. The first-order valence-electron chi connectivity index (χ1n) is 8.71. The molecular formula is C20H19FN6O. The Bertz CT molecular complexity index is 1010. The second-order valence-electron chi connectivity index (χ2n) is 6.59. The van der Waals surface area contributed by atoms with Crippen molar-refractivity contribution in [2.24, 2.45) is 0 Å². The number of hydrogen-bond donors (Lipinski definition) is 2. The SMILES string of the molecule is CN(C)c1cncc(N2C(=O)c3cc(F)ccc3NC2Nc2cccnc2)c1. The summed E-state index contributed by atoms with van der Waals surface area (Å²) in [6.45, 7) is 0. The lowest BCUT2D eigenvalue weighted by atomic mass is 10.1. The zero-order valence-electron chi connectivity index (χ0n) is 15.4. The van der Waals surface area contributed by atoms with Crippen LogP contribution in [0.1, 0.15) is 10.4 Å². The monoisotopic (exact) mass is 378 g/mol. The molecule has 8 heteroatoms. The van der Waals surface area contributed by atoms with Crippen molar-refractivity contribution in [1.82, 2.24) is 9.97 Å².